The third-order valence-corrected chi connectivity index (χ3v) is 6.16. The Kier molecular flexibility index (Phi) is 4.37. The normalized spacial score (nSPS) is 28.2. The Balaban J connectivity index is 1.73. The first-order valence-electron chi connectivity index (χ1n) is 9.19. The standard InChI is InChI=1S/C21H25NO4/c1-25-18-8-7-17(15-5-3-4-6-16(15)18)20(24)22-12-11-21(26-2)10-9-14(23)13-19(21)22/h3-8,14,19,23H,9-13H2,1-2H3/t14?,19?,21-/m1/s1. The van der Waals surface area contributed by atoms with Gasteiger partial charge >= 0.3 is 0 Å². The molecule has 4 rings (SSSR count). The number of aliphatic hydroxyl groups is 1. The Bertz CT molecular complexity index is 836. The van der Waals surface area contributed by atoms with E-state index in [1.54, 1.807) is 14.2 Å². The average Bonchev–Trinajstić information content (AvgIpc) is 3.05. The molecule has 1 heterocycles. The number of methoxy groups -OCH3 is 2. The summed E-state index contributed by atoms with van der Waals surface area (Å²) < 4.78 is 11.3. The van der Waals surface area contributed by atoms with Crippen LogP contribution in [0.4, 0.5) is 0 Å². The van der Waals surface area contributed by atoms with Crippen LogP contribution in [0.15, 0.2) is 36.4 Å². The Hall–Kier alpha value is -2.11. The highest BCUT2D eigenvalue weighted by atomic mass is 16.5. The van der Waals surface area contributed by atoms with E-state index >= 15 is 0 Å². The predicted molar refractivity (Wildman–Crippen MR) is 99.5 cm³/mol. The van der Waals surface area contributed by atoms with E-state index in [0.29, 0.717) is 18.5 Å². The van der Waals surface area contributed by atoms with Gasteiger partial charge < -0.3 is 19.5 Å². The van der Waals surface area contributed by atoms with Crippen LogP contribution < -0.4 is 4.74 Å². The average molecular weight is 355 g/mol. The number of amides is 1. The lowest BCUT2D eigenvalue weighted by molar-refractivity contribution is -0.0824. The van der Waals surface area contributed by atoms with Gasteiger partial charge in [-0.3, -0.25) is 4.79 Å². The quantitative estimate of drug-likeness (QED) is 0.920. The van der Waals surface area contributed by atoms with Crippen LogP contribution in [0.5, 0.6) is 5.75 Å². The lowest BCUT2D eigenvalue weighted by Gasteiger charge is -2.42. The first-order chi connectivity index (χ1) is 12.6. The summed E-state index contributed by atoms with van der Waals surface area (Å²) in [6.07, 6.45) is 2.55. The molecule has 2 fully saturated rings. The molecule has 2 unspecified atom stereocenters. The van der Waals surface area contributed by atoms with Gasteiger partial charge in [-0.05, 0) is 43.2 Å². The van der Waals surface area contributed by atoms with Crippen molar-refractivity contribution in [3.05, 3.63) is 42.0 Å². The van der Waals surface area contributed by atoms with Gasteiger partial charge in [-0.25, -0.2) is 0 Å². The van der Waals surface area contributed by atoms with E-state index in [1.807, 2.05) is 41.3 Å². The fraction of sp³-hybridized carbons (Fsp3) is 0.476. The number of ether oxygens (including phenoxy) is 2. The third-order valence-electron chi connectivity index (χ3n) is 6.16. The highest BCUT2D eigenvalue weighted by Crippen LogP contribution is 2.43. The lowest BCUT2D eigenvalue weighted by Crippen LogP contribution is -2.52. The second-order valence-electron chi connectivity index (χ2n) is 7.32. The minimum absolute atomic E-state index is 0.00174. The molecule has 2 aromatic carbocycles. The second kappa shape index (κ2) is 6.56. The molecule has 0 bridgehead atoms. The summed E-state index contributed by atoms with van der Waals surface area (Å²) in [6.45, 7) is 0.657. The fourth-order valence-electron chi connectivity index (χ4n) is 4.71. The van der Waals surface area contributed by atoms with Crippen LogP contribution in [0.3, 0.4) is 0 Å². The van der Waals surface area contributed by atoms with E-state index in [9.17, 15) is 9.90 Å². The first-order valence-corrected chi connectivity index (χ1v) is 9.19. The monoisotopic (exact) mass is 355 g/mol. The minimum atomic E-state index is -0.371. The zero-order valence-corrected chi connectivity index (χ0v) is 15.3. The van der Waals surface area contributed by atoms with Crippen LogP contribution in [-0.2, 0) is 4.74 Å². The lowest BCUT2D eigenvalue weighted by atomic mass is 9.79. The molecular weight excluding hydrogens is 330 g/mol. The Morgan fingerprint density at radius 3 is 2.65 bits per heavy atom. The van der Waals surface area contributed by atoms with Gasteiger partial charge in [0.15, 0.2) is 0 Å². The van der Waals surface area contributed by atoms with Crippen molar-refractivity contribution in [3.8, 4) is 5.75 Å². The molecule has 0 radical (unpaired) electrons. The molecule has 5 nitrogen and oxygen atoms in total. The summed E-state index contributed by atoms with van der Waals surface area (Å²) in [6, 6.07) is 11.4. The smallest absolute Gasteiger partial charge is 0.254 e. The maximum absolute atomic E-state index is 13.4. The maximum atomic E-state index is 13.4. The second-order valence-corrected chi connectivity index (χ2v) is 7.32. The molecular formula is C21H25NO4. The summed E-state index contributed by atoms with van der Waals surface area (Å²) in [4.78, 5) is 15.3. The van der Waals surface area contributed by atoms with Crippen molar-refractivity contribution in [1.82, 2.24) is 4.90 Å². The van der Waals surface area contributed by atoms with E-state index in [1.165, 1.54) is 0 Å². The van der Waals surface area contributed by atoms with Crippen molar-refractivity contribution in [3.63, 3.8) is 0 Å². The molecule has 1 amide bonds. The molecule has 138 valence electrons. The minimum Gasteiger partial charge on any atom is -0.496 e. The number of benzene rings is 2. The zero-order chi connectivity index (χ0) is 18.3. The first kappa shape index (κ1) is 17.3. The van der Waals surface area contributed by atoms with Gasteiger partial charge in [-0.15, -0.1) is 0 Å². The topological polar surface area (TPSA) is 59.0 Å². The van der Waals surface area contributed by atoms with E-state index < -0.39 is 0 Å². The molecule has 2 aromatic rings. The number of hydrogen-bond donors (Lipinski definition) is 1. The van der Waals surface area contributed by atoms with Crippen molar-refractivity contribution in [1.29, 1.82) is 0 Å². The van der Waals surface area contributed by atoms with Gasteiger partial charge in [0, 0.05) is 24.6 Å². The highest BCUT2D eigenvalue weighted by Gasteiger charge is 2.52. The molecule has 1 saturated carbocycles. The van der Waals surface area contributed by atoms with E-state index in [4.69, 9.17) is 9.47 Å². The van der Waals surface area contributed by atoms with Crippen LogP contribution in [0.2, 0.25) is 0 Å². The molecule has 1 saturated heterocycles. The Labute approximate surface area is 153 Å². The van der Waals surface area contributed by atoms with Gasteiger partial charge in [-0.2, -0.15) is 0 Å². The largest absolute Gasteiger partial charge is 0.496 e. The summed E-state index contributed by atoms with van der Waals surface area (Å²) in [7, 11) is 3.36. The summed E-state index contributed by atoms with van der Waals surface area (Å²) in [5.41, 5.74) is 0.352. The van der Waals surface area contributed by atoms with Gasteiger partial charge in [0.25, 0.3) is 5.91 Å². The molecule has 0 aromatic heterocycles. The van der Waals surface area contributed by atoms with Crippen molar-refractivity contribution in [2.75, 3.05) is 20.8 Å². The van der Waals surface area contributed by atoms with Crippen LogP contribution >= 0.6 is 0 Å². The SMILES string of the molecule is COc1ccc(C(=O)N2CC[C@]3(OC)CCC(O)CC23)c2ccccc12. The predicted octanol–water partition coefficient (Wildman–Crippen LogP) is 2.99. The van der Waals surface area contributed by atoms with Gasteiger partial charge in [-0.1, -0.05) is 24.3 Å². The van der Waals surface area contributed by atoms with E-state index in [0.717, 1.165) is 35.8 Å². The highest BCUT2D eigenvalue weighted by molar-refractivity contribution is 6.08. The molecule has 0 spiro atoms. The van der Waals surface area contributed by atoms with Gasteiger partial charge in [0.1, 0.15) is 5.75 Å². The van der Waals surface area contributed by atoms with E-state index in [2.05, 4.69) is 0 Å². The molecule has 1 aliphatic carbocycles. The van der Waals surface area contributed by atoms with Crippen molar-refractivity contribution < 1.29 is 19.4 Å². The Morgan fingerprint density at radius 1 is 1.15 bits per heavy atom. The van der Waals surface area contributed by atoms with Crippen molar-refractivity contribution >= 4 is 16.7 Å². The van der Waals surface area contributed by atoms with Gasteiger partial charge in [0.05, 0.1) is 24.9 Å². The molecule has 1 aliphatic heterocycles. The molecule has 2 aliphatic rings. The summed E-state index contributed by atoms with van der Waals surface area (Å²) in [5.74, 6) is 0.764. The number of carbonyl (C=O) groups is 1. The number of aliphatic hydroxyl groups excluding tert-OH is 1. The van der Waals surface area contributed by atoms with Crippen LogP contribution in [0.1, 0.15) is 36.0 Å². The van der Waals surface area contributed by atoms with Gasteiger partial charge in [0.2, 0.25) is 0 Å². The molecule has 5 heteroatoms. The van der Waals surface area contributed by atoms with Crippen LogP contribution in [0.25, 0.3) is 10.8 Å². The third kappa shape index (κ3) is 2.58. The molecule has 26 heavy (non-hydrogen) atoms. The summed E-state index contributed by atoms with van der Waals surface area (Å²) >= 11 is 0. The van der Waals surface area contributed by atoms with E-state index in [-0.39, 0.29) is 23.7 Å². The van der Waals surface area contributed by atoms with Crippen molar-refractivity contribution in [2.24, 2.45) is 0 Å². The maximum Gasteiger partial charge on any atom is 0.254 e. The fourth-order valence-corrected chi connectivity index (χ4v) is 4.71. The number of likely N-dealkylation sites (tertiary alicyclic amines) is 1. The van der Waals surface area contributed by atoms with Crippen molar-refractivity contribution in [2.45, 2.75) is 43.4 Å². The molecule has 3 atom stereocenters. The van der Waals surface area contributed by atoms with Crippen LogP contribution in [-0.4, -0.2) is 54.4 Å². The Morgan fingerprint density at radius 2 is 1.92 bits per heavy atom. The number of rotatable bonds is 3. The number of nitrogens with zero attached hydrogens (tertiary/aromatic N) is 1. The number of carbonyl (C=O) groups excluding carboxylic acids is 1. The summed E-state index contributed by atoms with van der Waals surface area (Å²) in [5, 5.41) is 12.0. The number of hydrogen-bond acceptors (Lipinski definition) is 4. The molecule has 1 N–H and O–H groups in total. The van der Waals surface area contributed by atoms with Crippen LogP contribution in [0, 0.1) is 0 Å². The number of fused-ring (bicyclic) bond motifs is 2. The zero-order valence-electron chi connectivity index (χ0n) is 15.3.